The fourth-order valence-electron chi connectivity index (χ4n) is 2.53. The van der Waals surface area contributed by atoms with Crippen LogP contribution in [0.3, 0.4) is 0 Å². The number of hydrogen-bond acceptors (Lipinski definition) is 3. The summed E-state index contributed by atoms with van der Waals surface area (Å²) in [6.07, 6.45) is 7.91. The first-order valence-electron chi connectivity index (χ1n) is 7.19. The normalized spacial score (nSPS) is 16.7. The van der Waals surface area contributed by atoms with Gasteiger partial charge < -0.3 is 9.47 Å². The standard InChI is InChI=1S/C16H21BrO3/c1-19-16(18)12-8-9-13(15(17)10-12)11-20-14-6-4-2-3-5-7-14/h8-10,14H,2-7,11H2,1H3. The second kappa shape index (κ2) is 7.79. The fraction of sp³-hybridized carbons (Fsp3) is 0.562. The van der Waals surface area contributed by atoms with Crippen LogP contribution < -0.4 is 0 Å². The maximum Gasteiger partial charge on any atom is 0.337 e. The van der Waals surface area contributed by atoms with Crippen molar-refractivity contribution in [1.29, 1.82) is 0 Å². The molecule has 110 valence electrons. The molecule has 0 atom stereocenters. The lowest BCUT2D eigenvalue weighted by Gasteiger charge is -2.16. The zero-order chi connectivity index (χ0) is 14.4. The molecule has 1 aromatic rings. The minimum atomic E-state index is -0.318. The number of carbonyl (C=O) groups excluding carboxylic acids is 1. The first kappa shape index (κ1) is 15.5. The van der Waals surface area contributed by atoms with E-state index in [-0.39, 0.29) is 5.97 Å². The molecule has 0 amide bonds. The maximum absolute atomic E-state index is 11.4. The van der Waals surface area contributed by atoms with Crippen molar-refractivity contribution in [2.24, 2.45) is 0 Å². The van der Waals surface area contributed by atoms with E-state index in [2.05, 4.69) is 15.9 Å². The lowest BCUT2D eigenvalue weighted by Crippen LogP contribution is -2.11. The van der Waals surface area contributed by atoms with E-state index >= 15 is 0 Å². The Bertz CT molecular complexity index is 451. The molecule has 1 fully saturated rings. The van der Waals surface area contributed by atoms with Gasteiger partial charge in [0, 0.05) is 4.47 Å². The van der Waals surface area contributed by atoms with E-state index < -0.39 is 0 Å². The number of rotatable bonds is 4. The lowest BCUT2D eigenvalue weighted by molar-refractivity contribution is 0.0306. The topological polar surface area (TPSA) is 35.5 Å². The Morgan fingerprint density at radius 1 is 1.25 bits per heavy atom. The quantitative estimate of drug-likeness (QED) is 0.599. The molecule has 1 aromatic carbocycles. The molecule has 2 rings (SSSR count). The molecule has 0 aliphatic heterocycles. The van der Waals surface area contributed by atoms with Crippen molar-refractivity contribution in [2.45, 2.75) is 51.2 Å². The molecule has 1 aliphatic carbocycles. The molecule has 3 nitrogen and oxygen atoms in total. The van der Waals surface area contributed by atoms with Crippen molar-refractivity contribution in [2.75, 3.05) is 7.11 Å². The Morgan fingerprint density at radius 3 is 2.55 bits per heavy atom. The summed E-state index contributed by atoms with van der Waals surface area (Å²) in [6, 6.07) is 5.49. The van der Waals surface area contributed by atoms with E-state index in [1.54, 1.807) is 12.1 Å². The van der Waals surface area contributed by atoms with Gasteiger partial charge in [0.2, 0.25) is 0 Å². The fourth-order valence-corrected chi connectivity index (χ4v) is 3.02. The summed E-state index contributed by atoms with van der Waals surface area (Å²) in [5, 5.41) is 0. The van der Waals surface area contributed by atoms with Gasteiger partial charge in [0.05, 0.1) is 25.4 Å². The van der Waals surface area contributed by atoms with Gasteiger partial charge in [-0.05, 0) is 30.5 Å². The summed E-state index contributed by atoms with van der Waals surface area (Å²) in [4.78, 5) is 11.4. The highest BCUT2D eigenvalue weighted by Gasteiger charge is 2.14. The predicted molar refractivity (Wildman–Crippen MR) is 81.8 cm³/mol. The lowest BCUT2D eigenvalue weighted by atomic mass is 10.1. The molecule has 0 spiro atoms. The van der Waals surface area contributed by atoms with Crippen LogP contribution in [-0.2, 0) is 16.1 Å². The minimum absolute atomic E-state index is 0.318. The molecule has 20 heavy (non-hydrogen) atoms. The number of halogens is 1. The smallest absolute Gasteiger partial charge is 0.337 e. The van der Waals surface area contributed by atoms with Crippen LogP contribution in [0, 0.1) is 0 Å². The van der Waals surface area contributed by atoms with Crippen LogP contribution in [0.5, 0.6) is 0 Å². The number of methoxy groups -OCH3 is 1. The number of esters is 1. The molecule has 0 saturated heterocycles. The zero-order valence-corrected chi connectivity index (χ0v) is 13.4. The highest BCUT2D eigenvalue weighted by Crippen LogP contribution is 2.24. The Kier molecular flexibility index (Phi) is 6.05. The third-order valence-electron chi connectivity index (χ3n) is 3.75. The van der Waals surface area contributed by atoms with Gasteiger partial charge in [0.25, 0.3) is 0 Å². The predicted octanol–water partition coefficient (Wildman–Crippen LogP) is 4.48. The zero-order valence-electron chi connectivity index (χ0n) is 11.9. The van der Waals surface area contributed by atoms with E-state index in [0.717, 1.165) is 22.9 Å². The Labute approximate surface area is 128 Å². The van der Waals surface area contributed by atoms with Gasteiger partial charge in [0.1, 0.15) is 0 Å². The largest absolute Gasteiger partial charge is 0.465 e. The molecule has 1 aliphatic rings. The summed E-state index contributed by atoms with van der Waals surface area (Å²) in [6.45, 7) is 0.590. The van der Waals surface area contributed by atoms with Gasteiger partial charge in [-0.3, -0.25) is 0 Å². The van der Waals surface area contributed by atoms with Crippen molar-refractivity contribution in [3.8, 4) is 0 Å². The van der Waals surface area contributed by atoms with E-state index in [1.165, 1.54) is 32.8 Å². The molecule has 0 unspecified atom stereocenters. The van der Waals surface area contributed by atoms with Crippen molar-refractivity contribution < 1.29 is 14.3 Å². The van der Waals surface area contributed by atoms with Crippen LogP contribution in [0.1, 0.15) is 54.4 Å². The van der Waals surface area contributed by atoms with Gasteiger partial charge in [-0.2, -0.15) is 0 Å². The van der Waals surface area contributed by atoms with Crippen molar-refractivity contribution in [1.82, 2.24) is 0 Å². The van der Waals surface area contributed by atoms with Gasteiger partial charge in [-0.15, -0.1) is 0 Å². The third-order valence-corrected chi connectivity index (χ3v) is 4.49. The van der Waals surface area contributed by atoms with Gasteiger partial charge >= 0.3 is 5.97 Å². The second-order valence-electron chi connectivity index (χ2n) is 5.22. The van der Waals surface area contributed by atoms with Crippen LogP contribution in [-0.4, -0.2) is 19.2 Å². The molecular formula is C16H21BrO3. The maximum atomic E-state index is 11.4. The molecule has 0 aromatic heterocycles. The number of carbonyl (C=O) groups is 1. The van der Waals surface area contributed by atoms with Crippen LogP contribution in [0.15, 0.2) is 22.7 Å². The molecule has 0 bridgehead atoms. The molecule has 0 heterocycles. The van der Waals surface area contributed by atoms with Crippen molar-refractivity contribution in [3.63, 3.8) is 0 Å². The SMILES string of the molecule is COC(=O)c1ccc(COC2CCCCCC2)c(Br)c1. The highest BCUT2D eigenvalue weighted by molar-refractivity contribution is 9.10. The van der Waals surface area contributed by atoms with Crippen molar-refractivity contribution >= 4 is 21.9 Å². The van der Waals surface area contributed by atoms with Crippen LogP contribution in [0.25, 0.3) is 0 Å². The molecule has 1 saturated carbocycles. The van der Waals surface area contributed by atoms with E-state index in [4.69, 9.17) is 9.47 Å². The van der Waals surface area contributed by atoms with Gasteiger partial charge in [-0.25, -0.2) is 4.79 Å². The number of ether oxygens (including phenoxy) is 2. The summed E-state index contributed by atoms with van der Waals surface area (Å²) in [7, 11) is 1.39. The summed E-state index contributed by atoms with van der Waals surface area (Å²) in [5.74, 6) is -0.318. The number of benzene rings is 1. The Balaban J connectivity index is 1.93. The molecule has 0 radical (unpaired) electrons. The van der Waals surface area contributed by atoms with E-state index in [1.807, 2.05) is 6.07 Å². The first-order chi connectivity index (χ1) is 9.70. The second-order valence-corrected chi connectivity index (χ2v) is 6.08. The molecule has 0 N–H and O–H groups in total. The summed E-state index contributed by atoms with van der Waals surface area (Å²) >= 11 is 3.50. The van der Waals surface area contributed by atoms with Gasteiger partial charge in [-0.1, -0.05) is 47.7 Å². The first-order valence-corrected chi connectivity index (χ1v) is 7.98. The van der Waals surface area contributed by atoms with Gasteiger partial charge in [0.15, 0.2) is 0 Å². The Hall–Kier alpha value is -0.870. The average Bonchev–Trinajstić information content (AvgIpc) is 2.73. The monoisotopic (exact) mass is 340 g/mol. The third kappa shape index (κ3) is 4.32. The molecule has 4 heteroatoms. The van der Waals surface area contributed by atoms with Crippen molar-refractivity contribution in [3.05, 3.63) is 33.8 Å². The van der Waals surface area contributed by atoms with E-state index in [9.17, 15) is 4.79 Å². The van der Waals surface area contributed by atoms with E-state index in [0.29, 0.717) is 18.3 Å². The number of hydrogen-bond donors (Lipinski definition) is 0. The average molecular weight is 341 g/mol. The summed E-state index contributed by atoms with van der Waals surface area (Å²) in [5.41, 5.74) is 1.62. The highest BCUT2D eigenvalue weighted by atomic mass is 79.9. The Morgan fingerprint density at radius 2 is 1.95 bits per heavy atom. The van der Waals surface area contributed by atoms with Crippen LogP contribution in [0.4, 0.5) is 0 Å². The molecular weight excluding hydrogens is 320 g/mol. The van der Waals surface area contributed by atoms with Crippen LogP contribution in [0.2, 0.25) is 0 Å². The minimum Gasteiger partial charge on any atom is -0.465 e. The summed E-state index contributed by atoms with van der Waals surface area (Å²) < 4.78 is 11.6. The van der Waals surface area contributed by atoms with Crippen LogP contribution >= 0.6 is 15.9 Å².